The first-order valence-corrected chi connectivity index (χ1v) is 13.3. The zero-order chi connectivity index (χ0) is 18.9. The number of thiophene rings is 1. The van der Waals surface area contributed by atoms with Gasteiger partial charge < -0.3 is 12.4 Å². The molecular formula is C22H15Br3ClPS. The highest BCUT2D eigenvalue weighted by molar-refractivity contribution is 9.14. The van der Waals surface area contributed by atoms with E-state index in [0.717, 1.165) is 12.7 Å². The van der Waals surface area contributed by atoms with E-state index in [-0.39, 0.29) is 12.4 Å². The van der Waals surface area contributed by atoms with E-state index >= 15 is 0 Å². The van der Waals surface area contributed by atoms with Gasteiger partial charge in [0.2, 0.25) is 0 Å². The average Bonchev–Trinajstić information content (AvgIpc) is 2.99. The molecule has 1 heterocycles. The van der Waals surface area contributed by atoms with Gasteiger partial charge in [0.05, 0.1) is 12.7 Å². The van der Waals surface area contributed by atoms with Crippen LogP contribution >= 0.6 is 66.4 Å². The van der Waals surface area contributed by atoms with Crippen molar-refractivity contribution in [3.8, 4) is 0 Å². The molecule has 0 radical (unpaired) electrons. The zero-order valence-electron chi connectivity index (χ0n) is 14.5. The van der Waals surface area contributed by atoms with Crippen LogP contribution in [-0.4, -0.2) is 0 Å². The summed E-state index contributed by atoms with van der Waals surface area (Å²) in [7, 11) is -2.04. The van der Waals surface area contributed by atoms with Gasteiger partial charge in [-0.25, -0.2) is 0 Å². The van der Waals surface area contributed by atoms with E-state index in [1.54, 1.807) is 11.3 Å². The summed E-state index contributed by atoms with van der Waals surface area (Å²) in [5.41, 5.74) is 0. The number of hydrogen-bond donors (Lipinski definition) is 0. The van der Waals surface area contributed by atoms with Crippen LogP contribution in [0.1, 0.15) is 0 Å². The highest BCUT2D eigenvalue weighted by atomic mass is 79.9. The third-order valence-corrected chi connectivity index (χ3v) is 14.8. The molecule has 0 unspecified atom stereocenters. The van der Waals surface area contributed by atoms with Gasteiger partial charge in [-0.1, -0.05) is 65.9 Å². The highest BCUT2D eigenvalue weighted by Crippen LogP contribution is 2.59. The van der Waals surface area contributed by atoms with Gasteiger partial charge in [0.1, 0.15) is 15.9 Å². The Morgan fingerprint density at radius 2 is 0.893 bits per heavy atom. The summed E-state index contributed by atoms with van der Waals surface area (Å²) < 4.78 is 4.67. The molecule has 0 spiro atoms. The van der Waals surface area contributed by atoms with Crippen LogP contribution in [0.4, 0.5) is 0 Å². The predicted molar refractivity (Wildman–Crippen MR) is 132 cm³/mol. The lowest BCUT2D eigenvalue weighted by Crippen LogP contribution is -3.00. The molecule has 142 valence electrons. The van der Waals surface area contributed by atoms with Crippen LogP contribution in [0.5, 0.6) is 0 Å². The second-order valence-electron chi connectivity index (χ2n) is 5.99. The van der Waals surface area contributed by atoms with Crippen LogP contribution in [0.25, 0.3) is 0 Å². The zero-order valence-corrected chi connectivity index (χ0v) is 21.8. The fraction of sp³-hybridized carbons (Fsp3) is 0. The maximum atomic E-state index is 3.89. The molecule has 0 N–H and O–H groups in total. The van der Waals surface area contributed by atoms with Crippen LogP contribution in [0.15, 0.2) is 104 Å². The topological polar surface area (TPSA) is 0 Å². The molecule has 4 rings (SSSR count). The molecule has 0 atom stereocenters. The minimum absolute atomic E-state index is 0. The van der Waals surface area contributed by atoms with Crippen LogP contribution in [0, 0.1) is 0 Å². The predicted octanol–water partition coefficient (Wildman–Crippen LogP) is 3.66. The van der Waals surface area contributed by atoms with Gasteiger partial charge in [0.25, 0.3) is 0 Å². The Kier molecular flexibility index (Phi) is 7.58. The molecule has 0 aliphatic rings. The molecule has 4 aromatic rings. The molecule has 0 aliphatic carbocycles. The SMILES string of the molecule is Brc1sc([P+](c2ccccc2)(c2ccccc2)c2ccccc2)c(Br)c1Br.[Cl-]. The Morgan fingerprint density at radius 3 is 1.18 bits per heavy atom. The number of halogens is 4. The quantitative estimate of drug-likeness (QED) is 0.307. The number of hydrogen-bond acceptors (Lipinski definition) is 1. The van der Waals surface area contributed by atoms with Crippen molar-refractivity contribution >= 4 is 86.9 Å². The highest BCUT2D eigenvalue weighted by Gasteiger charge is 2.51. The molecule has 0 nitrogen and oxygen atoms in total. The van der Waals surface area contributed by atoms with Gasteiger partial charge in [-0.05, 0) is 84.2 Å². The molecular weight excluding hydrogens is 602 g/mol. The molecule has 0 saturated heterocycles. The van der Waals surface area contributed by atoms with Crippen molar-refractivity contribution in [2.24, 2.45) is 0 Å². The van der Waals surface area contributed by atoms with Crippen molar-refractivity contribution in [1.82, 2.24) is 0 Å². The Balaban J connectivity index is 0.00000225. The Labute approximate surface area is 201 Å². The molecule has 0 fully saturated rings. The average molecular weight is 618 g/mol. The Hall–Kier alpha value is -0.480. The smallest absolute Gasteiger partial charge is 0.178 e. The van der Waals surface area contributed by atoms with Gasteiger partial charge >= 0.3 is 0 Å². The lowest BCUT2D eigenvalue weighted by molar-refractivity contribution is -0.00000469. The normalized spacial score (nSPS) is 11.1. The van der Waals surface area contributed by atoms with Gasteiger partial charge in [0, 0.05) is 0 Å². The Bertz CT molecular complexity index is 957. The second-order valence-corrected chi connectivity index (χ2v) is 13.6. The van der Waals surface area contributed by atoms with E-state index in [4.69, 9.17) is 0 Å². The molecule has 0 saturated carbocycles. The van der Waals surface area contributed by atoms with Crippen molar-refractivity contribution < 1.29 is 12.4 Å². The summed E-state index contributed by atoms with van der Waals surface area (Å²) in [4.78, 5) is 0. The molecule has 1 aromatic heterocycles. The fourth-order valence-electron chi connectivity index (χ4n) is 3.32. The van der Waals surface area contributed by atoms with Crippen LogP contribution < -0.4 is 32.9 Å². The first kappa shape index (κ1) is 22.2. The van der Waals surface area contributed by atoms with Gasteiger partial charge in [-0.15, -0.1) is 0 Å². The summed E-state index contributed by atoms with van der Waals surface area (Å²) >= 11 is 13.2. The van der Waals surface area contributed by atoms with Crippen molar-refractivity contribution in [2.75, 3.05) is 0 Å². The van der Waals surface area contributed by atoms with E-state index < -0.39 is 7.26 Å². The monoisotopic (exact) mass is 614 g/mol. The van der Waals surface area contributed by atoms with E-state index in [1.807, 2.05) is 0 Å². The van der Waals surface area contributed by atoms with Crippen molar-refractivity contribution in [3.63, 3.8) is 0 Å². The molecule has 0 amide bonds. The van der Waals surface area contributed by atoms with E-state index in [9.17, 15) is 0 Å². The van der Waals surface area contributed by atoms with E-state index in [1.165, 1.54) is 20.5 Å². The molecule has 0 bridgehead atoms. The van der Waals surface area contributed by atoms with Crippen molar-refractivity contribution in [1.29, 1.82) is 0 Å². The first-order valence-electron chi connectivity index (χ1n) is 8.35. The van der Waals surface area contributed by atoms with Crippen LogP contribution in [0.3, 0.4) is 0 Å². The first-order chi connectivity index (χ1) is 13.2. The van der Waals surface area contributed by atoms with Gasteiger partial charge in [0.15, 0.2) is 11.9 Å². The molecule has 6 heteroatoms. The van der Waals surface area contributed by atoms with E-state index in [0.29, 0.717) is 0 Å². The van der Waals surface area contributed by atoms with Gasteiger partial charge in [-0.2, -0.15) is 0 Å². The molecule has 28 heavy (non-hydrogen) atoms. The van der Waals surface area contributed by atoms with E-state index in [2.05, 4.69) is 139 Å². The largest absolute Gasteiger partial charge is 1.00 e. The van der Waals surface area contributed by atoms with Crippen molar-refractivity contribution in [3.05, 3.63) is 104 Å². The summed E-state index contributed by atoms with van der Waals surface area (Å²) in [5, 5.41) is 4.05. The second kappa shape index (κ2) is 9.55. The summed E-state index contributed by atoms with van der Waals surface area (Å²) in [5.74, 6) is 0. The summed E-state index contributed by atoms with van der Waals surface area (Å²) in [6, 6.07) is 32.7. The van der Waals surface area contributed by atoms with Crippen molar-refractivity contribution in [2.45, 2.75) is 0 Å². The third-order valence-electron chi connectivity index (χ3n) is 4.47. The lowest BCUT2D eigenvalue weighted by atomic mass is 10.4. The fourth-order valence-corrected chi connectivity index (χ4v) is 12.9. The maximum Gasteiger partial charge on any atom is 0.178 e. The van der Waals surface area contributed by atoms with Gasteiger partial charge in [-0.3, -0.25) is 0 Å². The van der Waals surface area contributed by atoms with Crippen LogP contribution in [0.2, 0.25) is 0 Å². The standard InChI is InChI=1S/C22H15Br3PS.ClH/c23-19-20(24)22(27-21(19)25)26(16-10-4-1-5-11-16,17-12-6-2-7-13-17)18-14-8-3-9-15-18;/h1-15H;1H/q+1;/p-1. The van der Waals surface area contributed by atoms with Crippen LogP contribution in [-0.2, 0) is 0 Å². The minimum atomic E-state index is -2.04. The maximum absolute atomic E-state index is 3.89. The summed E-state index contributed by atoms with van der Waals surface area (Å²) in [6.45, 7) is 0. The number of benzene rings is 3. The lowest BCUT2D eigenvalue weighted by Gasteiger charge is -2.26. The molecule has 3 aromatic carbocycles. The number of rotatable bonds is 4. The molecule has 0 aliphatic heterocycles. The minimum Gasteiger partial charge on any atom is -1.00 e. The summed E-state index contributed by atoms with van der Waals surface area (Å²) in [6.07, 6.45) is 0. The Morgan fingerprint density at radius 1 is 0.536 bits per heavy atom. The third kappa shape index (κ3) is 3.80.